The number of Topliss-reactive ketones (excluding diaryl/α,β-unsaturated/α-hetero) is 4. The first kappa shape index (κ1) is 115. The van der Waals surface area contributed by atoms with Crippen molar-refractivity contribution >= 4 is 76.4 Å². The van der Waals surface area contributed by atoms with Crippen LogP contribution in [0.4, 0.5) is 0 Å². The predicted octanol–water partition coefficient (Wildman–Crippen LogP) is 8.07. The van der Waals surface area contributed by atoms with Gasteiger partial charge in [0.1, 0.15) is 18.7 Å². The van der Waals surface area contributed by atoms with Gasteiger partial charge in [-0.2, -0.15) is 0 Å². The van der Waals surface area contributed by atoms with Gasteiger partial charge in [0, 0.05) is 75.4 Å². The number of carbonyl (C=O) groups excluding carboxylic acids is 13. The molecule has 1 heterocycles. The molecule has 1 aliphatic carbocycles. The first-order valence-electron chi connectivity index (χ1n) is 48.7. The molecule has 0 aromatic heterocycles. The smallest absolute Gasteiger partial charge is 0.306 e. The molecule has 133 heavy (non-hydrogen) atoms. The normalized spacial score (nSPS) is 19.3. The molecule has 2 aliphatic rings. The number of fused-ring (bicyclic) bond motifs is 3. The summed E-state index contributed by atoms with van der Waals surface area (Å²) >= 11 is 0. The summed E-state index contributed by atoms with van der Waals surface area (Å²) in [6, 6.07) is 17.2. The molecule has 0 bridgehead atoms. The van der Waals surface area contributed by atoms with E-state index in [0.717, 1.165) is 54.4 Å². The highest BCUT2D eigenvalue weighted by molar-refractivity contribution is 5.99. The van der Waals surface area contributed by atoms with Gasteiger partial charge in [-0.25, -0.2) is 0 Å². The number of aliphatic hydroxyl groups excluding tert-OH is 2. The lowest BCUT2D eigenvalue weighted by Gasteiger charge is -2.28. The molecule has 1 aliphatic heterocycles. The lowest BCUT2D eigenvalue weighted by molar-refractivity contribution is -0.147. The molecule has 0 spiro atoms. The van der Waals surface area contributed by atoms with Crippen LogP contribution in [0.2, 0.25) is 0 Å². The van der Waals surface area contributed by atoms with E-state index in [9.17, 15) is 53.4 Å². The van der Waals surface area contributed by atoms with E-state index in [4.69, 9.17) is 48.4 Å². The number of hydrogen-bond donors (Lipinski definition) is 11. The third-order valence-corrected chi connectivity index (χ3v) is 23.7. The first-order valence-corrected chi connectivity index (χ1v) is 48.7. The maximum Gasteiger partial charge on any atom is 0.306 e. The lowest BCUT2D eigenvalue weighted by Crippen LogP contribution is -2.56. The Morgan fingerprint density at radius 2 is 0.947 bits per heavy atom. The van der Waals surface area contributed by atoms with Crippen LogP contribution in [-0.4, -0.2) is 267 Å². The summed E-state index contributed by atoms with van der Waals surface area (Å²) in [5.74, 6) is -15.8. The molecule has 0 unspecified atom stereocenters. The van der Waals surface area contributed by atoms with Crippen LogP contribution in [0.3, 0.4) is 0 Å². The van der Waals surface area contributed by atoms with Crippen molar-refractivity contribution in [2.24, 2.45) is 41.2 Å². The van der Waals surface area contributed by atoms with Gasteiger partial charge in [-0.1, -0.05) is 192 Å². The molecule has 33 nitrogen and oxygen atoms in total. The van der Waals surface area contributed by atoms with Crippen molar-refractivity contribution < 1.29 is 115 Å². The van der Waals surface area contributed by atoms with Gasteiger partial charge in [0.25, 0.3) is 0 Å². The zero-order valence-electron chi connectivity index (χ0n) is 80.4. The monoisotopic (exact) mass is 1870 g/mol. The fourth-order valence-electron chi connectivity index (χ4n) is 16.2. The van der Waals surface area contributed by atoms with Gasteiger partial charge >= 0.3 is 5.97 Å². The summed E-state index contributed by atoms with van der Waals surface area (Å²) in [5, 5.41) is 45.3. The summed E-state index contributed by atoms with van der Waals surface area (Å²) in [6.45, 7) is 20.9. The van der Waals surface area contributed by atoms with Gasteiger partial charge in [-0.3, -0.25) is 62.3 Å². The van der Waals surface area contributed by atoms with E-state index in [1.165, 1.54) is 13.8 Å². The Hall–Kier alpha value is -8.87. The molecule has 8 amide bonds. The second-order valence-corrected chi connectivity index (χ2v) is 35.1. The molecule has 5 rings (SSSR count). The summed E-state index contributed by atoms with van der Waals surface area (Å²) < 4.78 is 50.2. The standard InChI is InChI=1S/C100H157N9O24/c1-10-15-16-17-18-22-33-72(64-93(117)133-67-81-77-36-25-23-34-75(77)76-35-24-26-37-78(76)81)94(118)105-83(28-12-3)91(115)66-80(70(9)111)98(122)106-85(39-43-102-92(116)40-44-125-46-48-127-50-52-129-54-56-131-58-59-132-57-55-130-53-51-128-49-47-126-45-41-101)88(112)62-73-38-42-103-97(121)79(69(8)110)65-90(114)84(29-13-4)107-99(123)86(30-14-5)108-100(124)87(60-68(6)7)109-96(120)74(61-71-31-20-19-21-32-71)63-89(113)82(27-11-2)104-95(73)119/h19-21,23-26,31-32,34-37,68-70,72-74,79-87,110-111H,10-18,22,27-30,33,38-67,101H2,1-9H3,(H,102,116)(H,103,121)(H,104,119)(H,105,118)(H,106,122)(H,107,123)(H,108,124)(H,109,120)/t69-,70-,72-,73-,74+,79+,80+,82+,83+,84+,85+,86+,87+/m1/s1. The van der Waals surface area contributed by atoms with Crippen LogP contribution in [0, 0.1) is 35.5 Å². The number of amides is 8. The maximum absolute atomic E-state index is 15.5. The number of unbranched alkanes of at least 4 members (excludes halogenated alkanes) is 5. The van der Waals surface area contributed by atoms with Crippen LogP contribution in [0.5, 0.6) is 0 Å². The van der Waals surface area contributed by atoms with Crippen LogP contribution < -0.4 is 48.3 Å². The molecule has 3 aromatic carbocycles. The molecule has 13 atom stereocenters. The van der Waals surface area contributed by atoms with Crippen LogP contribution in [0.1, 0.15) is 239 Å². The van der Waals surface area contributed by atoms with Crippen molar-refractivity contribution in [3.63, 3.8) is 0 Å². The number of nitrogens with one attached hydrogen (secondary N) is 8. The van der Waals surface area contributed by atoms with E-state index in [0.29, 0.717) is 123 Å². The highest BCUT2D eigenvalue weighted by Gasteiger charge is 2.40. The van der Waals surface area contributed by atoms with Crippen molar-refractivity contribution in [1.29, 1.82) is 0 Å². The minimum atomic E-state index is -1.58. The summed E-state index contributed by atoms with van der Waals surface area (Å²) in [6.07, 6.45) is 1.33. The third-order valence-electron chi connectivity index (χ3n) is 23.7. The molecule has 1 fully saturated rings. The van der Waals surface area contributed by atoms with Gasteiger partial charge in [-0.15, -0.1) is 0 Å². The highest BCUT2D eigenvalue weighted by atomic mass is 16.6. The number of ketones is 4. The van der Waals surface area contributed by atoms with E-state index in [1.54, 1.807) is 44.2 Å². The number of hydrogen-bond acceptors (Lipinski definition) is 25. The topological polar surface area (TPSA) is 468 Å². The van der Waals surface area contributed by atoms with Crippen LogP contribution in [-0.2, 0) is 111 Å². The van der Waals surface area contributed by atoms with Gasteiger partial charge in [0.15, 0.2) is 23.1 Å². The molecule has 1 saturated heterocycles. The number of ether oxygens (including phenoxy) is 9. The highest BCUT2D eigenvalue weighted by Crippen LogP contribution is 2.45. The number of rotatable bonds is 64. The van der Waals surface area contributed by atoms with E-state index >= 15 is 19.2 Å². The fourth-order valence-corrected chi connectivity index (χ4v) is 16.2. The van der Waals surface area contributed by atoms with Crippen LogP contribution in [0.15, 0.2) is 78.9 Å². The Balaban J connectivity index is 1.40. The maximum atomic E-state index is 15.5. The van der Waals surface area contributed by atoms with E-state index < -0.39 is 180 Å². The Labute approximate surface area is 787 Å². The van der Waals surface area contributed by atoms with E-state index in [2.05, 4.69) is 49.5 Å². The van der Waals surface area contributed by atoms with Gasteiger partial charge in [0.05, 0.1) is 160 Å². The second kappa shape index (κ2) is 67.4. The van der Waals surface area contributed by atoms with Gasteiger partial charge < -0.3 is 101 Å². The molecule has 3 aromatic rings. The van der Waals surface area contributed by atoms with Crippen molar-refractivity contribution in [3.8, 4) is 11.1 Å². The van der Waals surface area contributed by atoms with E-state index in [-0.39, 0.29) is 129 Å². The molecule has 12 N–H and O–H groups in total. The molecule has 0 saturated carbocycles. The largest absolute Gasteiger partial charge is 0.465 e. The van der Waals surface area contributed by atoms with Crippen LogP contribution in [0.25, 0.3) is 11.1 Å². The lowest BCUT2D eigenvalue weighted by atomic mass is 9.88. The average Bonchev–Trinajstić information content (AvgIpc) is 1.61. The average molecular weight is 1870 g/mol. The second-order valence-electron chi connectivity index (χ2n) is 35.1. The molecule has 0 radical (unpaired) electrons. The zero-order valence-corrected chi connectivity index (χ0v) is 80.4. The van der Waals surface area contributed by atoms with Crippen molar-refractivity contribution in [2.45, 2.75) is 277 Å². The fraction of sp³-hybridized carbons (Fsp3) is 0.690. The molecular weight excluding hydrogens is 1710 g/mol. The number of benzene rings is 3. The van der Waals surface area contributed by atoms with Crippen molar-refractivity contribution in [1.82, 2.24) is 42.5 Å². The number of carbonyl (C=O) groups is 13. The number of esters is 1. The Kier molecular flexibility index (Phi) is 58.1. The quantitative estimate of drug-likeness (QED) is 0.0188. The zero-order chi connectivity index (χ0) is 97.1. The number of nitrogens with two attached hydrogens (primary N) is 1. The molecule has 33 heteroatoms. The molecular formula is C100H157N9O24. The SMILES string of the molecule is CCCCCCCC[C@H](CC(=O)OCC1c2ccccc2-c2ccccc21)C(=O)N[C@@H](CCC)C(=O)C[C@H](C(=O)N[C@@H](CCNC(=O)CCOCCOCCOCCOCCOCCOCCOCCOCCN)C(=O)C[C@H]1CCNC(=O)[C@H]([C@@H](C)O)CC(=O)[C@H](CCC)NC(=O)[C@H](CCC)NC(=O)[C@H](CC(C)C)NC(=O)[C@@H](Cc2ccccc2)CC(=O)[C@H](CCC)NC1=O)[C@@H](C)O. The molecule has 746 valence electrons. The summed E-state index contributed by atoms with van der Waals surface area (Å²) in [7, 11) is 0. The Morgan fingerprint density at radius 1 is 0.474 bits per heavy atom. The predicted molar refractivity (Wildman–Crippen MR) is 503 cm³/mol. The number of aliphatic hydroxyl groups is 2. The van der Waals surface area contributed by atoms with E-state index in [1.807, 2.05) is 76.2 Å². The minimum Gasteiger partial charge on any atom is -0.465 e. The summed E-state index contributed by atoms with van der Waals surface area (Å²) in [4.78, 5) is 191. The van der Waals surface area contributed by atoms with Gasteiger partial charge in [0.2, 0.25) is 47.3 Å². The Bertz CT molecular complexity index is 3900. The van der Waals surface area contributed by atoms with Crippen LogP contribution >= 0.6 is 0 Å². The van der Waals surface area contributed by atoms with Crippen molar-refractivity contribution in [2.75, 3.05) is 132 Å². The first-order chi connectivity index (χ1) is 64.2. The minimum absolute atomic E-state index is 0.0164. The third kappa shape index (κ3) is 44.7. The van der Waals surface area contributed by atoms with Crippen molar-refractivity contribution in [3.05, 3.63) is 95.6 Å². The summed E-state index contributed by atoms with van der Waals surface area (Å²) in [5.41, 5.74) is 10.2. The Morgan fingerprint density at radius 3 is 1.48 bits per heavy atom. The van der Waals surface area contributed by atoms with Gasteiger partial charge in [-0.05, 0) is 105 Å².